The van der Waals surface area contributed by atoms with Crippen molar-refractivity contribution in [2.75, 3.05) is 6.61 Å². The van der Waals surface area contributed by atoms with E-state index in [0.29, 0.717) is 29.8 Å². The topological polar surface area (TPSA) is 38.7 Å². The van der Waals surface area contributed by atoms with Crippen molar-refractivity contribution < 1.29 is 14.0 Å². The van der Waals surface area contributed by atoms with Crippen molar-refractivity contribution in [2.45, 2.75) is 181 Å². The third-order valence-electron chi connectivity index (χ3n) is 13.6. The zero-order valence-electron chi connectivity index (χ0n) is 32.1. The maximum absolute atomic E-state index is 9.88. The van der Waals surface area contributed by atoms with Gasteiger partial charge in [-0.1, -0.05) is 111 Å². The van der Waals surface area contributed by atoms with E-state index in [0.717, 1.165) is 30.8 Å². The Morgan fingerprint density at radius 1 is 0.933 bits per heavy atom. The van der Waals surface area contributed by atoms with Crippen molar-refractivity contribution in [3.05, 3.63) is 35.5 Å². The van der Waals surface area contributed by atoms with Crippen molar-refractivity contribution in [2.24, 2.45) is 29.1 Å². The van der Waals surface area contributed by atoms with Gasteiger partial charge in [0.05, 0.1) is 12.2 Å². The van der Waals surface area contributed by atoms with Crippen molar-refractivity contribution >= 4 is 16.6 Å². The maximum Gasteiger partial charge on any atom is 0.192 e. The molecule has 3 rings (SSSR count). The first-order chi connectivity index (χ1) is 20.7. The second kappa shape index (κ2) is 15.0. The second-order valence-corrected chi connectivity index (χ2v) is 28.2. The van der Waals surface area contributed by atoms with Crippen LogP contribution in [-0.2, 0) is 8.85 Å². The molecule has 1 N–H and O–H groups in total. The molecule has 5 heteroatoms. The van der Waals surface area contributed by atoms with Crippen LogP contribution in [0.1, 0.15) is 133 Å². The van der Waals surface area contributed by atoms with E-state index in [1.54, 1.807) is 5.57 Å². The van der Waals surface area contributed by atoms with E-state index in [2.05, 4.69) is 107 Å². The summed E-state index contributed by atoms with van der Waals surface area (Å²) in [5.74, 6) is 2.78. The van der Waals surface area contributed by atoms with Crippen LogP contribution in [0, 0.1) is 29.1 Å². The lowest BCUT2D eigenvalue weighted by atomic mass is 9.59. The van der Waals surface area contributed by atoms with Gasteiger partial charge >= 0.3 is 0 Å². The molecule has 0 spiro atoms. The Morgan fingerprint density at radius 2 is 1.49 bits per heavy atom. The highest BCUT2D eigenvalue weighted by molar-refractivity contribution is 6.74. The Labute approximate surface area is 282 Å². The Kier molecular flexibility index (Phi) is 13.0. The molecular weight excluding hydrogens is 585 g/mol. The Morgan fingerprint density at radius 3 is 1.98 bits per heavy atom. The molecule has 0 aliphatic heterocycles. The van der Waals surface area contributed by atoms with Gasteiger partial charge in [-0.2, -0.15) is 0 Å². The summed E-state index contributed by atoms with van der Waals surface area (Å²) in [6, 6.07) is 0. The van der Waals surface area contributed by atoms with Gasteiger partial charge in [0.2, 0.25) is 0 Å². The van der Waals surface area contributed by atoms with Crippen LogP contribution in [0.2, 0.25) is 36.3 Å². The lowest BCUT2D eigenvalue weighted by Gasteiger charge is -2.46. The van der Waals surface area contributed by atoms with Crippen LogP contribution < -0.4 is 0 Å². The standard InChI is InChI=1S/C40H74O3Si2/c1-15-16-18-32(24-26-41)29(2)34-22-23-35-33(19-17-25-40(34,35)10)21-20-31-27-36(42-44(11,12)38(4,5)6)30(3)37(28-31)43-45(13,14)39(7,8)9/h20-21,29,32,34-37,41H,3,15-19,22-28H2,1-2,4-14H3/b33-21+/t29-,32+,34-,35+,36-,37-,40-/m1/s1. The van der Waals surface area contributed by atoms with E-state index in [1.165, 1.54) is 56.9 Å². The van der Waals surface area contributed by atoms with Crippen LogP contribution in [0.25, 0.3) is 0 Å². The van der Waals surface area contributed by atoms with Gasteiger partial charge in [-0.15, -0.1) is 0 Å². The lowest BCUT2D eigenvalue weighted by Crippen LogP contribution is -2.49. The first-order valence-corrected chi connectivity index (χ1v) is 24.5. The van der Waals surface area contributed by atoms with Crippen molar-refractivity contribution in [1.82, 2.24) is 0 Å². The van der Waals surface area contributed by atoms with Gasteiger partial charge < -0.3 is 14.0 Å². The SMILES string of the molecule is C=C1[C@H](O[Si](C)(C)C(C)(C)C)CC(=C/C=C2\CCC[C@]3(C)[C@@H]([C@H](C)[C@H](CCO)CCCC)CC[C@@H]23)C[C@H]1O[Si](C)(C)C(C)(C)C. The first-order valence-electron chi connectivity index (χ1n) is 18.7. The molecular formula is C40H74O3Si2. The monoisotopic (exact) mass is 659 g/mol. The molecule has 3 aliphatic carbocycles. The number of rotatable bonds is 12. The first kappa shape index (κ1) is 39.0. The summed E-state index contributed by atoms with van der Waals surface area (Å²) in [7, 11) is -3.95. The maximum atomic E-state index is 9.88. The number of hydrogen-bond donors (Lipinski definition) is 1. The largest absolute Gasteiger partial charge is 0.410 e. The van der Waals surface area contributed by atoms with Crippen LogP contribution >= 0.6 is 0 Å². The smallest absolute Gasteiger partial charge is 0.192 e. The summed E-state index contributed by atoms with van der Waals surface area (Å²) in [6.45, 7) is 35.9. The third-order valence-corrected chi connectivity index (χ3v) is 22.6. The molecule has 0 heterocycles. The Bertz CT molecular complexity index is 1020. The second-order valence-electron chi connectivity index (χ2n) is 18.7. The minimum atomic E-state index is -1.98. The molecule has 3 aliphatic rings. The number of hydrogen-bond acceptors (Lipinski definition) is 3. The molecule has 0 radical (unpaired) electrons. The fourth-order valence-electron chi connectivity index (χ4n) is 8.46. The van der Waals surface area contributed by atoms with Crippen LogP contribution in [0.3, 0.4) is 0 Å². The minimum absolute atomic E-state index is 0.0268. The highest BCUT2D eigenvalue weighted by Gasteiger charge is 2.51. The van der Waals surface area contributed by atoms with Crippen LogP contribution in [0.4, 0.5) is 0 Å². The predicted octanol–water partition coefficient (Wildman–Crippen LogP) is 12.0. The van der Waals surface area contributed by atoms with E-state index < -0.39 is 16.6 Å². The molecule has 0 aromatic carbocycles. The molecule has 260 valence electrons. The Balaban J connectivity index is 1.90. The summed E-state index contributed by atoms with van der Waals surface area (Å²) >= 11 is 0. The minimum Gasteiger partial charge on any atom is -0.410 e. The summed E-state index contributed by atoms with van der Waals surface area (Å²) in [5.41, 5.74) is 4.70. The molecule has 3 nitrogen and oxygen atoms in total. The number of aliphatic hydroxyl groups excluding tert-OH is 1. The fraction of sp³-hybridized carbons (Fsp3) is 0.850. The molecule has 0 aromatic rings. The van der Waals surface area contributed by atoms with Gasteiger partial charge in [-0.25, -0.2) is 0 Å². The van der Waals surface area contributed by atoms with Gasteiger partial charge in [-0.3, -0.25) is 0 Å². The van der Waals surface area contributed by atoms with Gasteiger partial charge in [-0.05, 0) is 122 Å². The van der Waals surface area contributed by atoms with Gasteiger partial charge in [0.1, 0.15) is 0 Å². The number of allylic oxidation sites excluding steroid dienone is 3. The molecule has 0 aromatic heterocycles. The van der Waals surface area contributed by atoms with E-state index in [-0.39, 0.29) is 22.3 Å². The van der Waals surface area contributed by atoms with Crippen molar-refractivity contribution in [1.29, 1.82) is 0 Å². The molecule has 0 amide bonds. The number of unbranched alkanes of at least 4 members (excludes halogenated alkanes) is 1. The molecule has 45 heavy (non-hydrogen) atoms. The molecule has 0 unspecified atom stereocenters. The van der Waals surface area contributed by atoms with Crippen LogP contribution in [-0.4, -0.2) is 40.6 Å². The normalized spacial score (nSPS) is 30.8. The zero-order valence-corrected chi connectivity index (χ0v) is 34.1. The number of fused-ring (bicyclic) bond motifs is 1. The van der Waals surface area contributed by atoms with Gasteiger partial charge in [0.25, 0.3) is 0 Å². The summed E-state index contributed by atoms with van der Waals surface area (Å²) in [5, 5.41) is 10.2. The van der Waals surface area contributed by atoms with E-state index in [4.69, 9.17) is 8.85 Å². The van der Waals surface area contributed by atoms with E-state index in [1.807, 2.05) is 0 Å². The molecule has 3 saturated carbocycles. The third kappa shape index (κ3) is 8.96. The molecule has 0 saturated heterocycles. The lowest BCUT2D eigenvalue weighted by molar-refractivity contribution is 0.0615. The quantitative estimate of drug-likeness (QED) is 0.167. The van der Waals surface area contributed by atoms with E-state index >= 15 is 0 Å². The number of aliphatic hydroxyl groups is 1. The average molecular weight is 659 g/mol. The van der Waals surface area contributed by atoms with Gasteiger partial charge in [0.15, 0.2) is 16.6 Å². The van der Waals surface area contributed by atoms with Crippen molar-refractivity contribution in [3.8, 4) is 0 Å². The summed E-state index contributed by atoms with van der Waals surface area (Å²) in [4.78, 5) is 0. The predicted molar refractivity (Wildman–Crippen MR) is 201 cm³/mol. The fourth-order valence-corrected chi connectivity index (χ4v) is 11.1. The van der Waals surface area contributed by atoms with Gasteiger partial charge in [0, 0.05) is 6.61 Å². The van der Waals surface area contributed by atoms with Crippen LogP contribution in [0.15, 0.2) is 35.5 Å². The molecule has 0 bridgehead atoms. The highest BCUT2D eigenvalue weighted by atomic mass is 28.4. The highest BCUT2D eigenvalue weighted by Crippen LogP contribution is 2.60. The summed E-state index contributed by atoms with van der Waals surface area (Å²) < 4.78 is 14.2. The zero-order chi connectivity index (χ0) is 34.0. The van der Waals surface area contributed by atoms with E-state index in [9.17, 15) is 5.11 Å². The average Bonchev–Trinajstić information content (AvgIpc) is 3.27. The molecule has 7 atom stereocenters. The summed E-state index contributed by atoms with van der Waals surface area (Å²) in [6.07, 6.45) is 18.3. The van der Waals surface area contributed by atoms with Crippen molar-refractivity contribution in [3.63, 3.8) is 0 Å². The molecule has 3 fully saturated rings. The van der Waals surface area contributed by atoms with Crippen LogP contribution in [0.5, 0.6) is 0 Å². The Hall–Kier alpha value is -0.466.